The summed E-state index contributed by atoms with van der Waals surface area (Å²) in [7, 11) is 0.0448. The molecule has 0 bridgehead atoms. The van der Waals surface area contributed by atoms with Gasteiger partial charge in [-0.1, -0.05) is 37.8 Å². The summed E-state index contributed by atoms with van der Waals surface area (Å²) in [4.78, 5) is 14.6. The van der Waals surface area contributed by atoms with Crippen molar-refractivity contribution in [1.82, 2.24) is 4.90 Å². The Morgan fingerprint density at radius 1 is 1.24 bits per heavy atom. The highest BCUT2D eigenvalue weighted by Gasteiger charge is 2.43. The van der Waals surface area contributed by atoms with Gasteiger partial charge in [0.15, 0.2) is 0 Å². The van der Waals surface area contributed by atoms with E-state index < -0.39 is 19.3 Å². The van der Waals surface area contributed by atoms with Gasteiger partial charge >= 0.3 is 6.09 Å². The third-order valence-electron chi connectivity index (χ3n) is 6.65. The quantitative estimate of drug-likeness (QED) is 0.384. The van der Waals surface area contributed by atoms with Crippen LogP contribution in [0.3, 0.4) is 0 Å². The predicted molar refractivity (Wildman–Crippen MR) is 139 cm³/mol. The molecule has 190 valence electrons. The number of furan rings is 1. The van der Waals surface area contributed by atoms with Crippen LogP contribution >= 0.6 is 0 Å². The van der Waals surface area contributed by atoms with Gasteiger partial charge in [-0.15, -0.1) is 0 Å². The first-order valence-corrected chi connectivity index (χ1v) is 16.1. The molecule has 1 unspecified atom stereocenters. The Hall–Kier alpha value is -1.83. The number of piperidine rings is 1. The maximum atomic E-state index is 12.8. The van der Waals surface area contributed by atoms with Crippen LogP contribution in [0, 0.1) is 5.92 Å². The number of benzene rings is 1. The standard InChI is InChI=1S/C27H43NO5Si/c1-26(2,3)33-25(29)28-16-11-13-21(19-28)27(30,15-8-9-17-31-4)22-14-10-12-20-18-23(32-24(20)22)34(5,6)7/h10,12,14,18,21,30H,8-9,11,13,15-17,19H2,1-7H3/t21?,27-/m0/s1. The highest BCUT2D eigenvalue weighted by molar-refractivity contribution is 6.87. The van der Waals surface area contributed by atoms with Gasteiger partial charge in [-0.25, -0.2) is 4.79 Å². The Bertz CT molecular complexity index is 974. The summed E-state index contributed by atoms with van der Waals surface area (Å²) in [5.41, 5.74) is -0.0396. The molecular weight excluding hydrogens is 446 g/mol. The molecule has 0 saturated carbocycles. The monoisotopic (exact) mass is 489 g/mol. The van der Waals surface area contributed by atoms with Crippen molar-refractivity contribution in [1.29, 1.82) is 0 Å². The van der Waals surface area contributed by atoms with Crippen molar-refractivity contribution in [3.8, 4) is 0 Å². The number of methoxy groups -OCH3 is 1. The summed E-state index contributed by atoms with van der Waals surface area (Å²) in [6.45, 7) is 14.2. The fraction of sp³-hybridized carbons (Fsp3) is 0.667. The molecule has 1 aromatic carbocycles. The number of hydrogen-bond acceptors (Lipinski definition) is 5. The fourth-order valence-electron chi connectivity index (χ4n) is 4.83. The van der Waals surface area contributed by atoms with Gasteiger partial charge in [0.2, 0.25) is 0 Å². The zero-order chi connectivity index (χ0) is 25.1. The number of para-hydroxylation sites is 1. The molecular formula is C27H43NO5Si. The lowest BCUT2D eigenvalue weighted by Crippen LogP contribution is -2.49. The topological polar surface area (TPSA) is 72.1 Å². The third-order valence-corrected chi connectivity index (χ3v) is 8.38. The summed E-state index contributed by atoms with van der Waals surface area (Å²) < 4.78 is 17.3. The lowest BCUT2D eigenvalue weighted by Gasteiger charge is -2.43. The molecule has 2 aromatic rings. The van der Waals surface area contributed by atoms with E-state index >= 15 is 0 Å². The predicted octanol–water partition coefficient (Wildman–Crippen LogP) is 5.63. The minimum atomic E-state index is -1.66. The van der Waals surface area contributed by atoms with E-state index in [-0.39, 0.29) is 12.0 Å². The number of aliphatic hydroxyl groups is 1. The third kappa shape index (κ3) is 6.23. The molecule has 1 aromatic heterocycles. The van der Waals surface area contributed by atoms with Crippen LogP contribution in [0.4, 0.5) is 4.79 Å². The van der Waals surface area contributed by atoms with E-state index in [4.69, 9.17) is 13.9 Å². The Balaban J connectivity index is 1.98. The van der Waals surface area contributed by atoms with E-state index in [1.165, 1.54) is 0 Å². The summed E-state index contributed by atoms with van der Waals surface area (Å²) >= 11 is 0. The molecule has 0 radical (unpaired) electrons. The first kappa shape index (κ1) is 26.8. The first-order chi connectivity index (χ1) is 15.8. The van der Waals surface area contributed by atoms with Crippen molar-refractivity contribution in [3.05, 3.63) is 29.8 Å². The van der Waals surface area contributed by atoms with Gasteiger partial charge < -0.3 is 23.9 Å². The zero-order valence-corrected chi connectivity index (χ0v) is 23.1. The van der Waals surface area contributed by atoms with Gasteiger partial charge in [-0.05, 0) is 58.9 Å². The van der Waals surface area contributed by atoms with Crippen molar-refractivity contribution < 1.29 is 23.8 Å². The number of nitrogens with zero attached hydrogens (tertiary/aromatic N) is 1. The molecule has 2 atom stereocenters. The highest BCUT2D eigenvalue weighted by atomic mass is 28.3. The number of rotatable bonds is 8. The number of hydrogen-bond donors (Lipinski definition) is 1. The van der Waals surface area contributed by atoms with Crippen LogP contribution < -0.4 is 5.38 Å². The Kier molecular flexibility index (Phi) is 8.20. The fourth-order valence-corrected chi connectivity index (χ4v) is 5.83. The molecule has 1 aliphatic rings. The summed E-state index contributed by atoms with van der Waals surface area (Å²) in [6.07, 6.45) is 3.65. The Morgan fingerprint density at radius 2 is 1.97 bits per heavy atom. The number of ether oxygens (including phenoxy) is 2. The van der Waals surface area contributed by atoms with Gasteiger partial charge in [0.25, 0.3) is 0 Å². The van der Waals surface area contributed by atoms with Crippen LogP contribution in [0.25, 0.3) is 11.0 Å². The van der Waals surface area contributed by atoms with Crippen LogP contribution in [0.2, 0.25) is 19.6 Å². The van der Waals surface area contributed by atoms with Crippen LogP contribution in [0.5, 0.6) is 0 Å². The Labute approximate surface area is 205 Å². The molecule has 0 spiro atoms. The van der Waals surface area contributed by atoms with E-state index in [0.29, 0.717) is 26.1 Å². The SMILES string of the molecule is COCCCC[C@@](O)(c1cccc2cc([Si](C)(C)C)oc12)C1CCCN(C(=O)OC(C)(C)C)C1. The van der Waals surface area contributed by atoms with Crippen LogP contribution in [-0.4, -0.2) is 56.6 Å². The van der Waals surface area contributed by atoms with Crippen molar-refractivity contribution in [2.45, 2.75) is 83.7 Å². The normalized spacial score (nSPS) is 19.3. The summed E-state index contributed by atoms with van der Waals surface area (Å²) in [6, 6.07) is 8.22. The van der Waals surface area contributed by atoms with E-state index in [2.05, 4.69) is 31.8 Å². The van der Waals surface area contributed by atoms with Crippen LogP contribution in [0.15, 0.2) is 28.7 Å². The molecule has 3 rings (SSSR count). The van der Waals surface area contributed by atoms with Crippen LogP contribution in [0.1, 0.15) is 58.4 Å². The zero-order valence-electron chi connectivity index (χ0n) is 22.1. The van der Waals surface area contributed by atoms with Gasteiger partial charge in [0.1, 0.15) is 19.3 Å². The molecule has 1 saturated heterocycles. The highest BCUT2D eigenvalue weighted by Crippen LogP contribution is 2.43. The lowest BCUT2D eigenvalue weighted by atomic mass is 9.73. The van der Waals surface area contributed by atoms with E-state index in [1.54, 1.807) is 12.0 Å². The number of likely N-dealkylation sites (tertiary alicyclic amines) is 1. The maximum absolute atomic E-state index is 12.8. The molecule has 7 heteroatoms. The summed E-state index contributed by atoms with van der Waals surface area (Å²) in [5.74, 6) is -0.109. The van der Waals surface area contributed by atoms with E-state index in [0.717, 1.165) is 47.6 Å². The van der Waals surface area contributed by atoms with Crippen molar-refractivity contribution in [2.75, 3.05) is 26.8 Å². The number of unbranched alkanes of at least 4 members (excludes halogenated alkanes) is 1. The molecule has 1 N–H and O–H groups in total. The second-order valence-corrected chi connectivity index (χ2v) is 16.7. The smallest absolute Gasteiger partial charge is 0.410 e. The van der Waals surface area contributed by atoms with Crippen LogP contribution in [-0.2, 0) is 15.1 Å². The maximum Gasteiger partial charge on any atom is 0.410 e. The molecule has 6 nitrogen and oxygen atoms in total. The number of fused-ring (bicyclic) bond motifs is 1. The number of carbonyl (C=O) groups excluding carboxylic acids is 1. The average molecular weight is 490 g/mol. The molecule has 1 aliphatic heterocycles. The average Bonchev–Trinajstić information content (AvgIpc) is 3.20. The van der Waals surface area contributed by atoms with Gasteiger partial charge in [-0.3, -0.25) is 0 Å². The number of carbonyl (C=O) groups is 1. The molecule has 1 fully saturated rings. The van der Waals surface area contributed by atoms with Gasteiger partial charge in [0, 0.05) is 43.7 Å². The van der Waals surface area contributed by atoms with E-state index in [1.807, 2.05) is 32.9 Å². The largest absolute Gasteiger partial charge is 0.466 e. The van der Waals surface area contributed by atoms with Gasteiger partial charge in [-0.2, -0.15) is 0 Å². The molecule has 2 heterocycles. The van der Waals surface area contributed by atoms with E-state index in [9.17, 15) is 9.90 Å². The number of amides is 1. The van der Waals surface area contributed by atoms with Crippen molar-refractivity contribution in [3.63, 3.8) is 0 Å². The minimum absolute atomic E-state index is 0.109. The molecule has 1 amide bonds. The second-order valence-electron chi connectivity index (χ2n) is 11.7. The molecule has 0 aliphatic carbocycles. The molecule has 34 heavy (non-hydrogen) atoms. The van der Waals surface area contributed by atoms with Crippen molar-refractivity contribution >= 4 is 30.5 Å². The van der Waals surface area contributed by atoms with Gasteiger partial charge in [0.05, 0.1) is 11.0 Å². The van der Waals surface area contributed by atoms with Crippen molar-refractivity contribution in [2.24, 2.45) is 5.92 Å². The lowest BCUT2D eigenvalue weighted by molar-refractivity contribution is -0.0637. The summed E-state index contributed by atoms with van der Waals surface area (Å²) in [5, 5.41) is 14.5. The first-order valence-electron chi connectivity index (χ1n) is 12.6. The second kappa shape index (κ2) is 10.4. The Morgan fingerprint density at radius 3 is 2.62 bits per heavy atom. The minimum Gasteiger partial charge on any atom is -0.466 e.